The second-order valence-electron chi connectivity index (χ2n) is 5.73. The van der Waals surface area contributed by atoms with Gasteiger partial charge in [0.15, 0.2) is 11.5 Å². The van der Waals surface area contributed by atoms with Gasteiger partial charge in [-0.1, -0.05) is 83.5 Å². The van der Waals surface area contributed by atoms with Crippen molar-refractivity contribution >= 4 is 11.6 Å². The Morgan fingerprint density at radius 2 is 1.65 bits per heavy atom. The van der Waals surface area contributed by atoms with E-state index in [4.69, 9.17) is 21.1 Å². The second-order valence-corrected chi connectivity index (χ2v) is 6.13. The van der Waals surface area contributed by atoms with Crippen LogP contribution in [-0.4, -0.2) is 25.3 Å². The lowest BCUT2D eigenvalue weighted by molar-refractivity contribution is 0.0897. The number of hydrogen-bond donors (Lipinski definition) is 1. The molecule has 3 nitrogen and oxygen atoms in total. The Morgan fingerprint density at radius 1 is 1.00 bits per heavy atom. The van der Waals surface area contributed by atoms with Gasteiger partial charge in [-0.2, -0.15) is 0 Å². The van der Waals surface area contributed by atoms with E-state index in [1.165, 1.54) is 0 Å². The van der Waals surface area contributed by atoms with Gasteiger partial charge in [0.2, 0.25) is 0 Å². The van der Waals surface area contributed by atoms with Crippen molar-refractivity contribution in [3.05, 3.63) is 47.5 Å². The summed E-state index contributed by atoms with van der Waals surface area (Å²) >= 11 is 6.33. The first kappa shape index (κ1) is 22.3. The SMILES string of the molecule is CC.CC.CC(C)NCC1COc2cccc(-c3ccccc3Cl)c2O1. The molecule has 0 aromatic heterocycles. The molecule has 1 aliphatic rings. The van der Waals surface area contributed by atoms with Gasteiger partial charge < -0.3 is 14.8 Å². The Bertz CT molecular complexity index is 658. The van der Waals surface area contributed by atoms with E-state index >= 15 is 0 Å². The van der Waals surface area contributed by atoms with Gasteiger partial charge in [-0.15, -0.1) is 0 Å². The molecule has 0 amide bonds. The number of hydrogen-bond acceptors (Lipinski definition) is 3. The molecule has 0 bridgehead atoms. The highest BCUT2D eigenvalue weighted by atomic mass is 35.5. The topological polar surface area (TPSA) is 30.5 Å². The van der Waals surface area contributed by atoms with Crippen LogP contribution in [0.25, 0.3) is 11.1 Å². The van der Waals surface area contributed by atoms with E-state index in [-0.39, 0.29) is 6.10 Å². The molecule has 0 fully saturated rings. The monoisotopic (exact) mass is 377 g/mol. The number of ether oxygens (including phenoxy) is 2. The summed E-state index contributed by atoms with van der Waals surface area (Å²) < 4.78 is 12.0. The van der Waals surface area contributed by atoms with Crippen LogP contribution in [-0.2, 0) is 0 Å². The van der Waals surface area contributed by atoms with E-state index in [1.807, 2.05) is 70.2 Å². The fourth-order valence-electron chi connectivity index (χ4n) is 2.49. The average Bonchev–Trinajstić information content (AvgIpc) is 2.69. The van der Waals surface area contributed by atoms with Gasteiger partial charge in [0.05, 0.1) is 0 Å². The summed E-state index contributed by atoms with van der Waals surface area (Å²) in [4.78, 5) is 0. The Balaban J connectivity index is 0.000000791. The lowest BCUT2D eigenvalue weighted by atomic mass is 10.0. The third kappa shape index (κ3) is 5.93. The van der Waals surface area contributed by atoms with Crippen LogP contribution >= 0.6 is 11.6 Å². The zero-order chi connectivity index (χ0) is 19.5. The first-order valence-corrected chi connectivity index (χ1v) is 9.93. The number of rotatable bonds is 4. The maximum absolute atomic E-state index is 6.33. The molecule has 0 saturated heterocycles. The largest absolute Gasteiger partial charge is 0.486 e. The molecular weight excluding hydrogens is 346 g/mol. The first-order chi connectivity index (χ1) is 12.6. The van der Waals surface area contributed by atoms with E-state index in [2.05, 4.69) is 19.2 Å². The Kier molecular flexibility index (Phi) is 10.2. The van der Waals surface area contributed by atoms with E-state index in [1.54, 1.807) is 0 Å². The van der Waals surface area contributed by atoms with E-state index in [9.17, 15) is 0 Å². The molecule has 1 unspecified atom stereocenters. The highest BCUT2D eigenvalue weighted by Gasteiger charge is 2.24. The minimum absolute atomic E-state index is 0.00135. The van der Waals surface area contributed by atoms with Gasteiger partial charge in [0.1, 0.15) is 12.7 Å². The highest BCUT2D eigenvalue weighted by molar-refractivity contribution is 6.33. The molecule has 2 aromatic carbocycles. The maximum atomic E-state index is 6.33. The third-order valence-electron chi connectivity index (χ3n) is 3.61. The smallest absolute Gasteiger partial charge is 0.169 e. The molecule has 2 aromatic rings. The van der Waals surface area contributed by atoms with E-state index < -0.39 is 0 Å². The van der Waals surface area contributed by atoms with Crippen molar-refractivity contribution in [2.75, 3.05) is 13.2 Å². The minimum atomic E-state index is -0.00135. The Labute approximate surface area is 163 Å². The molecule has 144 valence electrons. The fraction of sp³-hybridized carbons (Fsp3) is 0.455. The lowest BCUT2D eigenvalue weighted by Crippen LogP contribution is -2.40. The summed E-state index contributed by atoms with van der Waals surface area (Å²) in [6, 6.07) is 14.1. The van der Waals surface area contributed by atoms with Gasteiger partial charge in [0.25, 0.3) is 0 Å². The molecule has 3 rings (SSSR count). The second kappa shape index (κ2) is 11.8. The highest BCUT2D eigenvalue weighted by Crippen LogP contribution is 2.42. The maximum Gasteiger partial charge on any atom is 0.169 e. The molecular formula is C22H32ClNO2. The van der Waals surface area contributed by atoms with Crippen LogP contribution in [0.2, 0.25) is 5.02 Å². The zero-order valence-corrected chi connectivity index (χ0v) is 17.6. The van der Waals surface area contributed by atoms with Crippen LogP contribution in [0.4, 0.5) is 0 Å². The van der Waals surface area contributed by atoms with Crippen LogP contribution in [0.15, 0.2) is 42.5 Å². The van der Waals surface area contributed by atoms with Crippen molar-refractivity contribution in [1.82, 2.24) is 5.32 Å². The predicted molar refractivity (Wildman–Crippen MR) is 113 cm³/mol. The molecule has 0 aliphatic carbocycles. The molecule has 4 heteroatoms. The average molecular weight is 378 g/mol. The van der Waals surface area contributed by atoms with Crippen molar-refractivity contribution in [2.24, 2.45) is 0 Å². The lowest BCUT2D eigenvalue weighted by Gasteiger charge is -2.29. The van der Waals surface area contributed by atoms with Gasteiger partial charge in [0, 0.05) is 28.7 Å². The summed E-state index contributed by atoms with van der Waals surface area (Å²) in [6.07, 6.45) is -0.00135. The van der Waals surface area contributed by atoms with Crippen molar-refractivity contribution in [3.8, 4) is 22.6 Å². The molecule has 1 heterocycles. The van der Waals surface area contributed by atoms with Gasteiger partial charge in [-0.3, -0.25) is 0 Å². The first-order valence-electron chi connectivity index (χ1n) is 9.56. The van der Waals surface area contributed by atoms with Crippen LogP contribution in [0, 0.1) is 0 Å². The summed E-state index contributed by atoms with van der Waals surface area (Å²) in [5, 5.41) is 4.10. The van der Waals surface area contributed by atoms with Crippen LogP contribution in [0.1, 0.15) is 41.5 Å². The Morgan fingerprint density at radius 3 is 2.31 bits per heavy atom. The molecule has 26 heavy (non-hydrogen) atoms. The van der Waals surface area contributed by atoms with Crippen LogP contribution < -0.4 is 14.8 Å². The molecule has 1 N–H and O–H groups in total. The molecule has 0 spiro atoms. The number of nitrogens with one attached hydrogen (secondary N) is 1. The number of halogens is 1. The molecule has 0 saturated carbocycles. The predicted octanol–water partition coefficient (Wildman–Crippen LogP) is 6.20. The summed E-state index contributed by atoms with van der Waals surface area (Å²) in [7, 11) is 0. The summed E-state index contributed by atoms with van der Waals surface area (Å²) in [5.41, 5.74) is 1.93. The minimum Gasteiger partial charge on any atom is -0.486 e. The van der Waals surface area contributed by atoms with Crippen LogP contribution in [0.3, 0.4) is 0 Å². The van der Waals surface area contributed by atoms with Crippen LogP contribution in [0.5, 0.6) is 11.5 Å². The summed E-state index contributed by atoms with van der Waals surface area (Å²) in [6.45, 7) is 13.5. The standard InChI is InChI=1S/C18H20ClNO2.2C2H6/c1-12(2)20-10-13-11-21-17-9-5-7-15(18(17)22-13)14-6-3-4-8-16(14)19;2*1-2/h3-9,12-13,20H,10-11H2,1-2H3;2*1-2H3. The van der Waals surface area contributed by atoms with Crippen molar-refractivity contribution in [1.29, 1.82) is 0 Å². The van der Waals surface area contributed by atoms with Gasteiger partial charge >= 0.3 is 0 Å². The normalized spacial score (nSPS) is 14.7. The van der Waals surface area contributed by atoms with Crippen molar-refractivity contribution in [3.63, 3.8) is 0 Å². The zero-order valence-electron chi connectivity index (χ0n) is 16.8. The number of benzene rings is 2. The molecule has 1 atom stereocenters. The quantitative estimate of drug-likeness (QED) is 0.688. The molecule has 1 aliphatic heterocycles. The Hall–Kier alpha value is -1.71. The number of fused-ring (bicyclic) bond motifs is 1. The third-order valence-corrected chi connectivity index (χ3v) is 3.94. The van der Waals surface area contributed by atoms with Crippen molar-refractivity contribution < 1.29 is 9.47 Å². The number of para-hydroxylation sites is 1. The molecule has 0 radical (unpaired) electrons. The van der Waals surface area contributed by atoms with Gasteiger partial charge in [-0.25, -0.2) is 0 Å². The van der Waals surface area contributed by atoms with E-state index in [0.717, 1.165) is 29.2 Å². The van der Waals surface area contributed by atoms with Crippen molar-refractivity contribution in [2.45, 2.75) is 53.7 Å². The summed E-state index contributed by atoms with van der Waals surface area (Å²) in [5.74, 6) is 1.55. The van der Waals surface area contributed by atoms with Gasteiger partial charge in [-0.05, 0) is 12.1 Å². The van der Waals surface area contributed by atoms with E-state index in [0.29, 0.717) is 17.7 Å². The fourth-order valence-corrected chi connectivity index (χ4v) is 2.73.